The van der Waals surface area contributed by atoms with Gasteiger partial charge in [-0.1, -0.05) is 44.0 Å². The van der Waals surface area contributed by atoms with Gasteiger partial charge in [0.2, 0.25) is 0 Å². The number of Topliss-reactive ketones (excluding diaryl/α,β-unsaturated/α-hetero) is 1. The molecule has 0 radical (unpaired) electrons. The normalized spacial score (nSPS) is 13.7. The molecule has 0 saturated carbocycles. The molecule has 0 aliphatic heterocycles. The molecule has 80 valence electrons. The SMILES string of the molecule is CC(=O)/C(=C\Br)C(O)c1ccc(Br)cc1. The standard InChI is InChI=1S/C11H10Br2O2/c1-7(14)10(6-12)11(15)8-2-4-9(13)5-3-8/h2-6,11,15H,1H3/b10-6+. The van der Waals surface area contributed by atoms with Gasteiger partial charge in [-0.2, -0.15) is 0 Å². The third-order valence-electron chi connectivity index (χ3n) is 2.00. The van der Waals surface area contributed by atoms with Gasteiger partial charge in [-0.05, 0) is 29.6 Å². The Kier molecular flexibility index (Phi) is 4.70. The van der Waals surface area contributed by atoms with E-state index in [0.717, 1.165) is 4.47 Å². The molecule has 1 aromatic rings. The lowest BCUT2D eigenvalue weighted by Crippen LogP contribution is -2.07. The molecule has 15 heavy (non-hydrogen) atoms. The average molecular weight is 334 g/mol. The van der Waals surface area contributed by atoms with Crippen LogP contribution in [-0.2, 0) is 4.79 Å². The van der Waals surface area contributed by atoms with E-state index in [1.54, 1.807) is 12.1 Å². The monoisotopic (exact) mass is 332 g/mol. The van der Waals surface area contributed by atoms with Gasteiger partial charge in [0.05, 0.1) is 0 Å². The van der Waals surface area contributed by atoms with Gasteiger partial charge in [-0.3, -0.25) is 4.79 Å². The zero-order chi connectivity index (χ0) is 11.4. The summed E-state index contributed by atoms with van der Waals surface area (Å²) < 4.78 is 0.936. The summed E-state index contributed by atoms with van der Waals surface area (Å²) in [5.74, 6) is -0.151. The summed E-state index contributed by atoms with van der Waals surface area (Å²) in [4.78, 5) is 12.6. The molecule has 1 rings (SSSR count). The first-order chi connectivity index (χ1) is 7.06. The van der Waals surface area contributed by atoms with Crippen LogP contribution in [-0.4, -0.2) is 10.9 Å². The molecule has 1 unspecified atom stereocenters. The molecule has 0 aliphatic rings. The first kappa shape index (κ1) is 12.6. The maximum absolute atomic E-state index is 11.2. The second-order valence-electron chi connectivity index (χ2n) is 3.07. The van der Waals surface area contributed by atoms with Crippen LogP contribution in [0.2, 0.25) is 0 Å². The van der Waals surface area contributed by atoms with Crippen molar-refractivity contribution in [3.05, 3.63) is 44.9 Å². The molecule has 0 spiro atoms. The third kappa shape index (κ3) is 3.26. The number of carbonyl (C=O) groups excluding carboxylic acids is 1. The van der Waals surface area contributed by atoms with E-state index >= 15 is 0 Å². The Labute approximate surface area is 105 Å². The van der Waals surface area contributed by atoms with Crippen LogP contribution >= 0.6 is 31.9 Å². The number of rotatable bonds is 3. The van der Waals surface area contributed by atoms with Crippen LogP contribution in [0.3, 0.4) is 0 Å². The van der Waals surface area contributed by atoms with Gasteiger partial charge in [0, 0.05) is 10.0 Å². The fourth-order valence-corrected chi connectivity index (χ4v) is 1.99. The minimum Gasteiger partial charge on any atom is -0.384 e. The van der Waals surface area contributed by atoms with Crippen molar-refractivity contribution in [1.82, 2.24) is 0 Å². The number of ketones is 1. The Morgan fingerprint density at radius 3 is 2.33 bits per heavy atom. The number of aliphatic hydroxyl groups is 1. The number of carbonyl (C=O) groups is 1. The molecule has 4 heteroatoms. The smallest absolute Gasteiger partial charge is 0.159 e. The molecule has 0 aliphatic carbocycles. The van der Waals surface area contributed by atoms with E-state index in [0.29, 0.717) is 11.1 Å². The summed E-state index contributed by atoms with van der Waals surface area (Å²) >= 11 is 6.38. The lowest BCUT2D eigenvalue weighted by atomic mass is 10.0. The number of aliphatic hydroxyl groups excluding tert-OH is 1. The second-order valence-corrected chi connectivity index (χ2v) is 4.45. The topological polar surface area (TPSA) is 37.3 Å². The summed E-state index contributed by atoms with van der Waals surface area (Å²) in [6.45, 7) is 1.43. The first-order valence-corrected chi connectivity index (χ1v) is 6.02. The summed E-state index contributed by atoms with van der Waals surface area (Å²) in [6.07, 6.45) is -0.880. The van der Waals surface area contributed by atoms with Gasteiger partial charge < -0.3 is 5.11 Å². The lowest BCUT2D eigenvalue weighted by molar-refractivity contribution is -0.114. The highest BCUT2D eigenvalue weighted by atomic mass is 79.9. The predicted octanol–water partition coefficient (Wildman–Crippen LogP) is 3.35. The van der Waals surface area contributed by atoms with Crippen molar-refractivity contribution in [1.29, 1.82) is 0 Å². The largest absolute Gasteiger partial charge is 0.384 e. The Hall–Kier alpha value is -0.450. The zero-order valence-electron chi connectivity index (χ0n) is 8.08. The molecule has 1 aromatic carbocycles. The highest BCUT2D eigenvalue weighted by Crippen LogP contribution is 2.24. The molecule has 0 fully saturated rings. The summed E-state index contributed by atoms with van der Waals surface area (Å²) in [5.41, 5.74) is 1.04. The summed E-state index contributed by atoms with van der Waals surface area (Å²) in [7, 11) is 0. The van der Waals surface area contributed by atoms with Crippen LogP contribution in [0.5, 0.6) is 0 Å². The molecule has 0 amide bonds. The van der Waals surface area contributed by atoms with Crippen LogP contribution in [0, 0.1) is 0 Å². The van der Waals surface area contributed by atoms with Crippen molar-refractivity contribution in [3.63, 3.8) is 0 Å². The zero-order valence-corrected chi connectivity index (χ0v) is 11.2. The lowest BCUT2D eigenvalue weighted by Gasteiger charge is -2.12. The number of hydrogen-bond acceptors (Lipinski definition) is 2. The van der Waals surface area contributed by atoms with Gasteiger partial charge in [-0.25, -0.2) is 0 Å². The number of hydrogen-bond donors (Lipinski definition) is 1. The van der Waals surface area contributed by atoms with Crippen LogP contribution in [0.25, 0.3) is 0 Å². The van der Waals surface area contributed by atoms with Gasteiger partial charge in [0.15, 0.2) is 5.78 Å². The molecule has 0 heterocycles. The van der Waals surface area contributed by atoms with Crippen molar-refractivity contribution in [3.8, 4) is 0 Å². The van der Waals surface area contributed by atoms with Crippen LogP contribution in [0.1, 0.15) is 18.6 Å². The minimum atomic E-state index is -0.880. The second kappa shape index (κ2) is 5.58. The molecule has 1 atom stereocenters. The van der Waals surface area contributed by atoms with Crippen LogP contribution in [0.15, 0.2) is 39.3 Å². The van der Waals surface area contributed by atoms with Gasteiger partial charge in [0.25, 0.3) is 0 Å². The third-order valence-corrected chi connectivity index (χ3v) is 3.03. The molecule has 2 nitrogen and oxygen atoms in total. The van der Waals surface area contributed by atoms with Crippen molar-refractivity contribution in [2.75, 3.05) is 0 Å². The van der Waals surface area contributed by atoms with E-state index in [-0.39, 0.29) is 5.78 Å². The van der Waals surface area contributed by atoms with E-state index in [2.05, 4.69) is 31.9 Å². The predicted molar refractivity (Wildman–Crippen MR) is 66.8 cm³/mol. The Balaban J connectivity index is 2.98. The molecule has 0 aromatic heterocycles. The highest BCUT2D eigenvalue weighted by molar-refractivity contribution is 9.11. The van der Waals surface area contributed by atoms with Crippen molar-refractivity contribution in [2.45, 2.75) is 13.0 Å². The summed E-state index contributed by atoms with van der Waals surface area (Å²) in [6, 6.07) is 7.19. The van der Waals surface area contributed by atoms with Gasteiger partial charge in [0.1, 0.15) is 6.10 Å². The van der Waals surface area contributed by atoms with Gasteiger partial charge in [-0.15, -0.1) is 0 Å². The van der Waals surface area contributed by atoms with Gasteiger partial charge >= 0.3 is 0 Å². The van der Waals surface area contributed by atoms with Crippen molar-refractivity contribution in [2.24, 2.45) is 0 Å². The van der Waals surface area contributed by atoms with Crippen LogP contribution < -0.4 is 0 Å². The average Bonchev–Trinajstić information content (AvgIpc) is 2.19. The van der Waals surface area contributed by atoms with E-state index in [9.17, 15) is 9.90 Å². The maximum Gasteiger partial charge on any atom is 0.159 e. The molecule has 0 saturated heterocycles. The first-order valence-electron chi connectivity index (χ1n) is 4.31. The molecule has 1 N–H and O–H groups in total. The fraction of sp³-hybridized carbons (Fsp3) is 0.182. The molecular formula is C11H10Br2O2. The van der Waals surface area contributed by atoms with E-state index in [1.165, 1.54) is 11.9 Å². The highest BCUT2D eigenvalue weighted by Gasteiger charge is 2.16. The van der Waals surface area contributed by atoms with Crippen LogP contribution in [0.4, 0.5) is 0 Å². The Morgan fingerprint density at radius 2 is 1.93 bits per heavy atom. The molecule has 0 bridgehead atoms. The van der Waals surface area contributed by atoms with E-state index in [1.807, 2.05) is 12.1 Å². The Morgan fingerprint density at radius 1 is 1.40 bits per heavy atom. The Bertz CT molecular complexity index is 382. The van der Waals surface area contributed by atoms with Crippen molar-refractivity contribution >= 4 is 37.6 Å². The quantitative estimate of drug-likeness (QED) is 0.861. The number of benzene rings is 1. The number of halogens is 2. The van der Waals surface area contributed by atoms with E-state index < -0.39 is 6.10 Å². The van der Waals surface area contributed by atoms with E-state index in [4.69, 9.17) is 0 Å². The minimum absolute atomic E-state index is 0.151. The molecular weight excluding hydrogens is 324 g/mol. The van der Waals surface area contributed by atoms with Crippen molar-refractivity contribution < 1.29 is 9.90 Å². The maximum atomic E-state index is 11.2. The fourth-order valence-electron chi connectivity index (χ4n) is 1.15. The summed E-state index contributed by atoms with van der Waals surface area (Å²) in [5, 5.41) is 9.91.